The minimum Gasteiger partial charge on any atom is -0.313 e. The Morgan fingerprint density at radius 2 is 2.10 bits per heavy atom. The van der Waals surface area contributed by atoms with E-state index in [9.17, 15) is 8.78 Å². The van der Waals surface area contributed by atoms with E-state index >= 15 is 0 Å². The predicted molar refractivity (Wildman–Crippen MR) is 82.1 cm³/mol. The van der Waals surface area contributed by atoms with Crippen molar-refractivity contribution >= 4 is 15.9 Å². The van der Waals surface area contributed by atoms with Gasteiger partial charge in [-0.2, -0.15) is 5.10 Å². The molecule has 0 aliphatic heterocycles. The molecule has 0 atom stereocenters. The first kappa shape index (κ1) is 16.1. The molecule has 0 aliphatic carbocycles. The molecule has 0 aliphatic rings. The van der Waals surface area contributed by atoms with Gasteiger partial charge in [-0.25, -0.2) is 8.78 Å². The summed E-state index contributed by atoms with van der Waals surface area (Å²) in [5.41, 5.74) is 1.92. The highest BCUT2D eigenvalue weighted by Crippen LogP contribution is 2.22. The van der Waals surface area contributed by atoms with Crippen LogP contribution in [0.5, 0.6) is 0 Å². The molecule has 1 aromatic heterocycles. The van der Waals surface area contributed by atoms with Crippen LogP contribution in [0.3, 0.4) is 0 Å². The molecular weight excluding hydrogens is 340 g/mol. The molecule has 1 heterocycles. The molecule has 0 bridgehead atoms. The highest BCUT2D eigenvalue weighted by Gasteiger charge is 2.14. The maximum atomic E-state index is 14.0. The topological polar surface area (TPSA) is 29.9 Å². The first-order valence-corrected chi connectivity index (χ1v) is 7.68. The lowest BCUT2D eigenvalue weighted by Crippen LogP contribution is -2.13. The maximum absolute atomic E-state index is 14.0. The number of benzene rings is 1. The van der Waals surface area contributed by atoms with Crippen LogP contribution in [0.4, 0.5) is 8.78 Å². The van der Waals surface area contributed by atoms with Crippen LogP contribution in [0.15, 0.2) is 22.8 Å². The van der Waals surface area contributed by atoms with Gasteiger partial charge in [0.2, 0.25) is 0 Å². The van der Waals surface area contributed by atoms with Gasteiger partial charge in [-0.15, -0.1) is 0 Å². The van der Waals surface area contributed by atoms with Crippen molar-refractivity contribution in [3.63, 3.8) is 0 Å². The first-order valence-electron chi connectivity index (χ1n) is 6.89. The molecule has 0 spiro atoms. The van der Waals surface area contributed by atoms with Gasteiger partial charge in [-0.05, 0) is 48.0 Å². The van der Waals surface area contributed by atoms with E-state index < -0.39 is 11.6 Å². The van der Waals surface area contributed by atoms with Gasteiger partial charge in [0.15, 0.2) is 0 Å². The predicted octanol–water partition coefficient (Wildman–Crippen LogP) is 3.78. The summed E-state index contributed by atoms with van der Waals surface area (Å²) in [5, 5.41) is 7.62. The Bertz CT molecular complexity index is 626. The molecule has 2 rings (SSSR count). The largest absolute Gasteiger partial charge is 0.313 e. The highest BCUT2D eigenvalue weighted by atomic mass is 79.9. The van der Waals surface area contributed by atoms with Crippen LogP contribution in [0.2, 0.25) is 0 Å². The van der Waals surface area contributed by atoms with E-state index in [1.165, 1.54) is 12.1 Å². The van der Waals surface area contributed by atoms with E-state index in [2.05, 4.69) is 33.3 Å². The van der Waals surface area contributed by atoms with Gasteiger partial charge < -0.3 is 5.32 Å². The van der Waals surface area contributed by atoms with Crippen LogP contribution in [-0.4, -0.2) is 16.3 Å². The summed E-state index contributed by atoms with van der Waals surface area (Å²) in [5.74, 6) is -1.14. The molecular formula is C15H18BrF2N3. The molecule has 0 unspecified atom stereocenters. The van der Waals surface area contributed by atoms with Crippen LogP contribution in [0, 0.1) is 18.6 Å². The van der Waals surface area contributed by atoms with Gasteiger partial charge in [0.05, 0.1) is 16.7 Å². The average molecular weight is 358 g/mol. The Balaban J connectivity index is 2.17. The summed E-state index contributed by atoms with van der Waals surface area (Å²) in [4.78, 5) is 0. The first-order chi connectivity index (χ1) is 10.0. The quantitative estimate of drug-likeness (QED) is 0.629. The smallest absolute Gasteiger partial charge is 0.145 e. The van der Waals surface area contributed by atoms with Gasteiger partial charge in [0, 0.05) is 23.9 Å². The van der Waals surface area contributed by atoms with Crippen molar-refractivity contribution in [3.8, 4) is 0 Å². The molecule has 0 saturated carbocycles. The number of aromatic nitrogens is 2. The molecule has 21 heavy (non-hydrogen) atoms. The Morgan fingerprint density at radius 1 is 1.33 bits per heavy atom. The average Bonchev–Trinajstić information content (AvgIpc) is 2.80. The van der Waals surface area contributed by atoms with Crippen LogP contribution in [0.1, 0.15) is 30.2 Å². The van der Waals surface area contributed by atoms with Gasteiger partial charge in [-0.1, -0.05) is 6.92 Å². The second kappa shape index (κ2) is 7.13. The number of nitrogens with zero attached hydrogens (tertiary/aromatic N) is 2. The number of nitrogens with one attached hydrogen (secondary N) is 1. The summed E-state index contributed by atoms with van der Waals surface area (Å²) < 4.78 is 29.6. The third-order valence-corrected chi connectivity index (χ3v) is 3.86. The van der Waals surface area contributed by atoms with E-state index in [4.69, 9.17) is 0 Å². The second-order valence-corrected chi connectivity index (χ2v) is 5.79. The SMILES string of the molecule is CCCNCc1cn(Cc2c(F)ccc(Br)c2F)nc1C. The van der Waals surface area contributed by atoms with Crippen molar-refractivity contribution in [2.45, 2.75) is 33.4 Å². The van der Waals surface area contributed by atoms with E-state index in [-0.39, 0.29) is 16.6 Å². The van der Waals surface area contributed by atoms with Gasteiger partial charge in [0.1, 0.15) is 11.6 Å². The van der Waals surface area contributed by atoms with E-state index in [0.29, 0.717) is 6.54 Å². The molecule has 114 valence electrons. The van der Waals surface area contributed by atoms with Crippen LogP contribution in [0.25, 0.3) is 0 Å². The van der Waals surface area contributed by atoms with Crippen molar-refractivity contribution in [1.29, 1.82) is 0 Å². The van der Waals surface area contributed by atoms with Gasteiger partial charge in [-0.3, -0.25) is 4.68 Å². The van der Waals surface area contributed by atoms with E-state index in [0.717, 1.165) is 24.2 Å². The lowest BCUT2D eigenvalue weighted by Gasteiger charge is -2.06. The van der Waals surface area contributed by atoms with Crippen LogP contribution >= 0.6 is 15.9 Å². The third kappa shape index (κ3) is 3.89. The summed E-state index contributed by atoms with van der Waals surface area (Å²) in [6.45, 7) is 5.71. The molecule has 3 nitrogen and oxygen atoms in total. The Hall–Kier alpha value is -1.27. The normalized spacial score (nSPS) is 11.1. The zero-order chi connectivity index (χ0) is 15.4. The maximum Gasteiger partial charge on any atom is 0.145 e. The van der Waals surface area contributed by atoms with Gasteiger partial charge >= 0.3 is 0 Å². The number of hydrogen-bond donors (Lipinski definition) is 1. The van der Waals surface area contributed by atoms with Crippen molar-refractivity contribution in [2.24, 2.45) is 0 Å². The lowest BCUT2D eigenvalue weighted by molar-refractivity contribution is 0.528. The van der Waals surface area contributed by atoms with Crippen molar-refractivity contribution in [2.75, 3.05) is 6.54 Å². The zero-order valence-electron chi connectivity index (χ0n) is 12.1. The monoisotopic (exact) mass is 357 g/mol. The number of aryl methyl sites for hydroxylation is 1. The molecule has 2 aromatic rings. The second-order valence-electron chi connectivity index (χ2n) is 4.94. The number of hydrogen-bond acceptors (Lipinski definition) is 2. The fourth-order valence-electron chi connectivity index (χ4n) is 2.09. The minimum atomic E-state index is -0.575. The summed E-state index contributed by atoms with van der Waals surface area (Å²) in [7, 11) is 0. The van der Waals surface area contributed by atoms with E-state index in [1.807, 2.05) is 13.1 Å². The number of rotatable bonds is 6. The molecule has 0 saturated heterocycles. The Kier molecular flexibility index (Phi) is 5.47. The standard InChI is InChI=1S/C15H18BrF2N3/c1-3-6-19-7-11-8-21(20-10(11)2)9-12-14(17)5-4-13(16)15(12)18/h4-5,8,19H,3,6-7,9H2,1-2H3. The van der Waals surface area contributed by atoms with Crippen molar-refractivity contribution in [3.05, 3.63) is 51.3 Å². The molecule has 0 radical (unpaired) electrons. The fourth-order valence-corrected chi connectivity index (χ4v) is 2.46. The van der Waals surface area contributed by atoms with Crippen molar-refractivity contribution in [1.82, 2.24) is 15.1 Å². The fraction of sp³-hybridized carbons (Fsp3) is 0.400. The van der Waals surface area contributed by atoms with E-state index in [1.54, 1.807) is 4.68 Å². The number of halogens is 3. The minimum absolute atomic E-state index is 0.0138. The molecule has 1 aromatic carbocycles. The zero-order valence-corrected chi connectivity index (χ0v) is 13.7. The third-order valence-electron chi connectivity index (χ3n) is 3.25. The Morgan fingerprint density at radius 3 is 2.81 bits per heavy atom. The lowest BCUT2D eigenvalue weighted by atomic mass is 10.2. The van der Waals surface area contributed by atoms with Gasteiger partial charge in [0.25, 0.3) is 0 Å². The molecule has 1 N–H and O–H groups in total. The van der Waals surface area contributed by atoms with Crippen LogP contribution < -0.4 is 5.32 Å². The summed E-state index contributed by atoms with van der Waals surface area (Å²) in [6.07, 6.45) is 2.89. The molecule has 0 fully saturated rings. The van der Waals surface area contributed by atoms with Crippen LogP contribution in [-0.2, 0) is 13.1 Å². The summed E-state index contributed by atoms with van der Waals surface area (Å²) in [6, 6.07) is 2.62. The summed E-state index contributed by atoms with van der Waals surface area (Å²) >= 11 is 3.07. The molecule has 0 amide bonds. The molecule has 6 heteroatoms. The van der Waals surface area contributed by atoms with Crippen molar-refractivity contribution < 1.29 is 8.78 Å². The Labute approximate surface area is 131 Å². The highest BCUT2D eigenvalue weighted by molar-refractivity contribution is 9.10.